The predicted molar refractivity (Wildman–Crippen MR) is 178 cm³/mol. The van der Waals surface area contributed by atoms with Crippen LogP contribution < -0.4 is 14.4 Å². The average molecular weight is 666 g/mol. The van der Waals surface area contributed by atoms with E-state index in [2.05, 4.69) is 5.32 Å². The van der Waals surface area contributed by atoms with Crippen LogP contribution in [-0.4, -0.2) is 51.4 Å². The van der Waals surface area contributed by atoms with E-state index in [1.165, 1.54) is 60.5 Å². The highest BCUT2D eigenvalue weighted by atomic mass is 35.5. The zero-order valence-electron chi connectivity index (χ0n) is 25.7. The summed E-state index contributed by atoms with van der Waals surface area (Å²) in [4.78, 5) is 29.4. The zero-order valence-corrected chi connectivity index (χ0v) is 27.3. The summed E-state index contributed by atoms with van der Waals surface area (Å²) in [6.07, 6.45) is 1.70. The van der Waals surface area contributed by atoms with Crippen LogP contribution in [0.2, 0.25) is 5.02 Å². The van der Waals surface area contributed by atoms with Crippen molar-refractivity contribution >= 4 is 39.1 Å². The van der Waals surface area contributed by atoms with E-state index in [1.54, 1.807) is 24.3 Å². The van der Waals surface area contributed by atoms with Gasteiger partial charge in [-0.05, 0) is 48.4 Å². The van der Waals surface area contributed by atoms with Gasteiger partial charge in [-0.3, -0.25) is 13.9 Å². The lowest BCUT2D eigenvalue weighted by Crippen LogP contribution is -2.53. The monoisotopic (exact) mass is 665 g/mol. The van der Waals surface area contributed by atoms with Gasteiger partial charge in [0, 0.05) is 25.1 Å². The van der Waals surface area contributed by atoms with Crippen LogP contribution in [-0.2, 0) is 32.6 Å². The molecule has 4 aromatic carbocycles. The number of rotatable bonds is 15. The number of methoxy groups -OCH3 is 1. The number of unbranched alkanes of at least 4 members (excludes halogenated alkanes) is 1. The maximum atomic E-state index is 15.0. The molecule has 46 heavy (non-hydrogen) atoms. The van der Waals surface area contributed by atoms with E-state index in [0.717, 1.165) is 22.7 Å². The predicted octanol–water partition coefficient (Wildman–Crippen LogP) is 6.24. The van der Waals surface area contributed by atoms with Crippen molar-refractivity contribution in [2.24, 2.45) is 0 Å². The summed E-state index contributed by atoms with van der Waals surface area (Å²) >= 11 is 6.40. The Balaban J connectivity index is 1.81. The van der Waals surface area contributed by atoms with E-state index >= 15 is 4.39 Å². The average Bonchev–Trinajstić information content (AvgIpc) is 3.06. The first-order valence-electron chi connectivity index (χ1n) is 14.9. The first-order valence-corrected chi connectivity index (χ1v) is 16.7. The number of nitrogens with zero attached hydrogens (tertiary/aromatic N) is 2. The van der Waals surface area contributed by atoms with Gasteiger partial charge < -0.3 is 15.0 Å². The van der Waals surface area contributed by atoms with Crippen molar-refractivity contribution in [1.29, 1.82) is 0 Å². The molecule has 1 atom stereocenters. The maximum absolute atomic E-state index is 15.0. The van der Waals surface area contributed by atoms with Gasteiger partial charge in [0.15, 0.2) is 0 Å². The summed E-state index contributed by atoms with van der Waals surface area (Å²) in [5.74, 6) is -1.37. The molecule has 1 N–H and O–H groups in total. The number of hydrogen-bond donors (Lipinski definition) is 1. The summed E-state index contributed by atoms with van der Waals surface area (Å²) in [7, 11) is -2.88. The van der Waals surface area contributed by atoms with Gasteiger partial charge >= 0.3 is 0 Å². The summed E-state index contributed by atoms with van der Waals surface area (Å²) < 4.78 is 49.4. The molecule has 4 rings (SSSR count). The van der Waals surface area contributed by atoms with Crippen LogP contribution in [0.4, 0.5) is 10.1 Å². The molecule has 0 spiro atoms. The van der Waals surface area contributed by atoms with Crippen LogP contribution in [0.25, 0.3) is 0 Å². The van der Waals surface area contributed by atoms with E-state index in [-0.39, 0.29) is 34.1 Å². The number of hydrogen-bond acceptors (Lipinski definition) is 5. The lowest BCUT2D eigenvalue weighted by molar-refractivity contribution is -0.140. The Labute approximate surface area is 274 Å². The second-order valence-corrected chi connectivity index (χ2v) is 12.9. The van der Waals surface area contributed by atoms with Gasteiger partial charge in [0.05, 0.1) is 22.7 Å². The largest absolute Gasteiger partial charge is 0.495 e. The molecule has 2 amide bonds. The number of amides is 2. The fraction of sp³-hybridized carbons (Fsp3) is 0.257. The molecule has 0 bridgehead atoms. The highest BCUT2D eigenvalue weighted by Gasteiger charge is 2.35. The molecule has 0 radical (unpaired) electrons. The van der Waals surface area contributed by atoms with E-state index in [0.29, 0.717) is 12.3 Å². The van der Waals surface area contributed by atoms with Gasteiger partial charge in [-0.25, -0.2) is 12.8 Å². The van der Waals surface area contributed by atoms with Crippen molar-refractivity contribution < 1.29 is 27.1 Å². The molecular formula is C35H37ClFN3O5S. The minimum Gasteiger partial charge on any atom is -0.495 e. The first kappa shape index (κ1) is 34.5. The van der Waals surface area contributed by atoms with E-state index < -0.39 is 40.2 Å². The minimum absolute atomic E-state index is 0.0476. The fourth-order valence-electron chi connectivity index (χ4n) is 4.93. The van der Waals surface area contributed by atoms with Crippen molar-refractivity contribution in [2.45, 2.75) is 43.7 Å². The number of halogens is 2. The third kappa shape index (κ3) is 8.64. The number of nitrogens with one attached hydrogen (secondary N) is 1. The molecule has 0 aliphatic carbocycles. The third-order valence-corrected chi connectivity index (χ3v) is 9.52. The number of sulfonamides is 1. The quantitative estimate of drug-likeness (QED) is 0.152. The van der Waals surface area contributed by atoms with Gasteiger partial charge in [-0.1, -0.05) is 91.7 Å². The lowest BCUT2D eigenvalue weighted by Gasteiger charge is -2.34. The molecule has 0 saturated carbocycles. The lowest BCUT2D eigenvalue weighted by atomic mass is 10.0. The standard InChI is InChI=1S/C35H37ClFN3O5S/c1-3-4-21-38-35(42)32(22-26-13-7-5-8-14-26)39(24-27-15-11-12-18-31(27)37)34(41)25-40(28-19-20-33(45-2)30(36)23-28)46(43,44)29-16-9-6-10-17-29/h5-20,23,32H,3-4,21-22,24-25H2,1-2H3,(H,38,42). The van der Waals surface area contributed by atoms with E-state index in [9.17, 15) is 18.0 Å². The number of benzene rings is 4. The second kappa shape index (κ2) is 16.2. The Morgan fingerprint density at radius 3 is 2.22 bits per heavy atom. The Morgan fingerprint density at radius 1 is 0.935 bits per heavy atom. The molecule has 0 aliphatic rings. The van der Waals surface area contributed by atoms with E-state index in [1.807, 2.05) is 37.3 Å². The van der Waals surface area contributed by atoms with Crippen LogP contribution >= 0.6 is 11.6 Å². The Kier molecular flexibility index (Phi) is 12.2. The SMILES string of the molecule is CCCCNC(=O)C(Cc1ccccc1)N(Cc1ccccc1F)C(=O)CN(c1ccc(OC)c(Cl)c1)S(=O)(=O)c1ccccc1. The first-order chi connectivity index (χ1) is 22.1. The van der Waals surface area contributed by atoms with Crippen LogP contribution in [0.5, 0.6) is 5.75 Å². The van der Waals surface area contributed by atoms with Crippen LogP contribution in [0.15, 0.2) is 108 Å². The number of carbonyl (C=O) groups is 2. The molecule has 11 heteroatoms. The summed E-state index contributed by atoms with van der Waals surface area (Å²) in [6.45, 7) is 1.42. The smallest absolute Gasteiger partial charge is 0.264 e. The molecule has 0 fully saturated rings. The molecule has 0 heterocycles. The highest BCUT2D eigenvalue weighted by molar-refractivity contribution is 7.92. The molecular weight excluding hydrogens is 629 g/mol. The second-order valence-electron chi connectivity index (χ2n) is 10.6. The van der Waals surface area contributed by atoms with Crippen molar-refractivity contribution in [2.75, 3.05) is 24.5 Å². The number of anilines is 1. The topological polar surface area (TPSA) is 96.0 Å². The van der Waals surface area contributed by atoms with Crippen LogP contribution in [0.1, 0.15) is 30.9 Å². The Bertz CT molecular complexity index is 1720. The molecule has 8 nitrogen and oxygen atoms in total. The Morgan fingerprint density at radius 2 is 1.59 bits per heavy atom. The van der Waals surface area contributed by atoms with Crippen LogP contribution in [0.3, 0.4) is 0 Å². The fourth-order valence-corrected chi connectivity index (χ4v) is 6.61. The van der Waals surface area contributed by atoms with Gasteiger partial charge in [-0.2, -0.15) is 0 Å². The van der Waals surface area contributed by atoms with Crippen molar-refractivity contribution in [3.05, 3.63) is 125 Å². The minimum atomic E-state index is -4.31. The maximum Gasteiger partial charge on any atom is 0.264 e. The van der Waals surface area contributed by atoms with Crippen molar-refractivity contribution in [1.82, 2.24) is 10.2 Å². The molecule has 4 aromatic rings. The third-order valence-electron chi connectivity index (χ3n) is 7.43. The van der Waals surface area contributed by atoms with Gasteiger partial charge in [0.1, 0.15) is 24.2 Å². The van der Waals surface area contributed by atoms with Crippen molar-refractivity contribution in [3.63, 3.8) is 0 Å². The van der Waals surface area contributed by atoms with Crippen molar-refractivity contribution in [3.8, 4) is 5.75 Å². The highest BCUT2D eigenvalue weighted by Crippen LogP contribution is 2.32. The van der Waals surface area contributed by atoms with Gasteiger partial charge in [0.25, 0.3) is 10.0 Å². The number of carbonyl (C=O) groups excluding carboxylic acids is 2. The number of ether oxygens (including phenoxy) is 1. The summed E-state index contributed by atoms with van der Waals surface area (Å²) in [5.41, 5.74) is 1.07. The van der Waals surface area contributed by atoms with Gasteiger partial charge in [-0.15, -0.1) is 0 Å². The van der Waals surface area contributed by atoms with Crippen LogP contribution in [0, 0.1) is 5.82 Å². The van der Waals surface area contributed by atoms with Gasteiger partial charge in [0.2, 0.25) is 11.8 Å². The molecule has 1 unspecified atom stereocenters. The molecule has 242 valence electrons. The zero-order chi connectivity index (χ0) is 33.1. The molecule has 0 saturated heterocycles. The van der Waals surface area contributed by atoms with E-state index in [4.69, 9.17) is 16.3 Å². The normalized spacial score (nSPS) is 11.8. The molecule has 0 aliphatic heterocycles. The Hall–Kier alpha value is -4.41. The summed E-state index contributed by atoms with van der Waals surface area (Å²) in [6, 6.07) is 26.1. The summed E-state index contributed by atoms with van der Waals surface area (Å²) in [5, 5.41) is 3.05. The molecule has 0 aromatic heterocycles.